The fourth-order valence-electron chi connectivity index (χ4n) is 2.09. The van der Waals surface area contributed by atoms with Gasteiger partial charge in [-0.15, -0.1) is 0 Å². The van der Waals surface area contributed by atoms with Crippen LogP contribution < -0.4 is 5.32 Å². The molecule has 1 N–H and O–H groups in total. The van der Waals surface area contributed by atoms with E-state index in [2.05, 4.69) is 5.32 Å². The van der Waals surface area contributed by atoms with Crippen LogP contribution in [-0.2, 0) is 6.54 Å². The average molecular weight is 353 g/mol. The third kappa shape index (κ3) is 3.58. The predicted molar refractivity (Wildman–Crippen MR) is 92.9 cm³/mol. The molecule has 0 radical (unpaired) electrons. The Morgan fingerprint density at radius 2 is 1.68 bits per heavy atom. The first kappa shape index (κ1) is 15.3. The number of halogens is 3. The normalized spacial score (nSPS) is 10.7. The minimum Gasteiger partial charge on any atom is -0.459 e. The molecule has 1 aromatic heterocycles. The van der Waals surface area contributed by atoms with Crippen molar-refractivity contribution in [2.75, 3.05) is 5.32 Å². The molecule has 0 fully saturated rings. The van der Waals surface area contributed by atoms with E-state index in [0.717, 1.165) is 22.8 Å². The van der Waals surface area contributed by atoms with Crippen LogP contribution in [0.25, 0.3) is 11.3 Å². The fraction of sp³-hybridized carbons (Fsp3) is 0.0588. The second-order valence-corrected chi connectivity index (χ2v) is 6.03. The molecular formula is C17H12Cl3NO. The van der Waals surface area contributed by atoms with Crippen molar-refractivity contribution in [3.05, 3.63) is 75.4 Å². The lowest BCUT2D eigenvalue weighted by Crippen LogP contribution is -1.98. The maximum Gasteiger partial charge on any atom is 0.134 e. The van der Waals surface area contributed by atoms with E-state index >= 15 is 0 Å². The molecule has 22 heavy (non-hydrogen) atoms. The SMILES string of the molecule is Clc1cccc(-c2ccc(CNc3cc(Cl)ccc3Cl)o2)c1. The molecule has 0 aliphatic carbocycles. The summed E-state index contributed by atoms with van der Waals surface area (Å²) in [5, 5.41) is 5.14. The van der Waals surface area contributed by atoms with Crippen LogP contribution in [0.15, 0.2) is 59.0 Å². The van der Waals surface area contributed by atoms with Gasteiger partial charge in [0.05, 0.1) is 17.3 Å². The number of benzene rings is 2. The number of furan rings is 1. The molecule has 2 aromatic carbocycles. The molecule has 112 valence electrons. The Hall–Kier alpha value is -1.61. The molecule has 3 rings (SSSR count). The second-order valence-electron chi connectivity index (χ2n) is 4.75. The van der Waals surface area contributed by atoms with E-state index in [-0.39, 0.29) is 0 Å². The molecule has 5 heteroatoms. The van der Waals surface area contributed by atoms with Crippen LogP contribution in [0.5, 0.6) is 0 Å². The molecule has 0 saturated carbocycles. The van der Waals surface area contributed by atoms with Crippen LogP contribution in [0, 0.1) is 0 Å². The Morgan fingerprint density at radius 3 is 2.50 bits per heavy atom. The van der Waals surface area contributed by atoms with Crippen molar-refractivity contribution in [1.29, 1.82) is 0 Å². The lowest BCUT2D eigenvalue weighted by atomic mass is 10.2. The minimum absolute atomic E-state index is 0.515. The molecule has 0 spiro atoms. The van der Waals surface area contributed by atoms with Crippen molar-refractivity contribution in [3.8, 4) is 11.3 Å². The van der Waals surface area contributed by atoms with Gasteiger partial charge >= 0.3 is 0 Å². The zero-order chi connectivity index (χ0) is 15.5. The molecule has 2 nitrogen and oxygen atoms in total. The molecule has 0 bridgehead atoms. The lowest BCUT2D eigenvalue weighted by molar-refractivity contribution is 0.531. The summed E-state index contributed by atoms with van der Waals surface area (Å²) >= 11 is 18.1. The number of rotatable bonds is 4. The summed E-state index contributed by atoms with van der Waals surface area (Å²) in [5.74, 6) is 1.57. The predicted octanol–water partition coefficient (Wildman–Crippen LogP) is 6.52. The summed E-state index contributed by atoms with van der Waals surface area (Å²) in [5.41, 5.74) is 1.72. The van der Waals surface area contributed by atoms with Crippen LogP contribution in [0.3, 0.4) is 0 Å². The highest BCUT2D eigenvalue weighted by Gasteiger charge is 2.07. The largest absolute Gasteiger partial charge is 0.459 e. The van der Waals surface area contributed by atoms with E-state index in [1.165, 1.54) is 0 Å². The van der Waals surface area contributed by atoms with Gasteiger partial charge in [-0.25, -0.2) is 0 Å². The van der Waals surface area contributed by atoms with Gasteiger partial charge in [-0.05, 0) is 42.5 Å². The Labute approximate surface area is 143 Å². The van der Waals surface area contributed by atoms with Gasteiger partial charge in [0.1, 0.15) is 11.5 Å². The topological polar surface area (TPSA) is 25.2 Å². The lowest BCUT2D eigenvalue weighted by Gasteiger charge is -2.07. The summed E-state index contributed by atoms with van der Waals surface area (Å²) in [6.45, 7) is 0.515. The highest BCUT2D eigenvalue weighted by molar-refractivity contribution is 6.35. The third-order valence-electron chi connectivity index (χ3n) is 3.15. The Kier molecular flexibility index (Phi) is 4.63. The van der Waals surface area contributed by atoms with E-state index in [1.54, 1.807) is 18.2 Å². The van der Waals surface area contributed by atoms with Gasteiger partial charge < -0.3 is 9.73 Å². The highest BCUT2D eigenvalue weighted by Crippen LogP contribution is 2.28. The number of nitrogens with one attached hydrogen (secondary N) is 1. The van der Waals surface area contributed by atoms with Crippen LogP contribution in [0.4, 0.5) is 5.69 Å². The first-order valence-electron chi connectivity index (χ1n) is 6.65. The molecular weight excluding hydrogens is 341 g/mol. The molecule has 0 aliphatic heterocycles. The van der Waals surface area contributed by atoms with E-state index in [1.807, 2.05) is 36.4 Å². The standard InChI is InChI=1S/C17H12Cl3NO/c18-12-3-1-2-11(8-12)17-7-5-14(22-17)10-21-16-9-13(19)4-6-15(16)20/h1-9,21H,10H2. The van der Waals surface area contributed by atoms with Crippen molar-refractivity contribution in [3.63, 3.8) is 0 Å². The Bertz CT molecular complexity index is 798. The number of hydrogen-bond acceptors (Lipinski definition) is 2. The maximum absolute atomic E-state index is 6.11. The van der Waals surface area contributed by atoms with Gasteiger partial charge in [-0.1, -0.05) is 46.9 Å². The summed E-state index contributed by atoms with van der Waals surface area (Å²) in [7, 11) is 0. The van der Waals surface area contributed by atoms with E-state index in [0.29, 0.717) is 21.6 Å². The molecule has 0 aliphatic rings. The molecule has 0 atom stereocenters. The van der Waals surface area contributed by atoms with Crippen LogP contribution in [0.2, 0.25) is 15.1 Å². The first-order chi connectivity index (χ1) is 10.6. The average Bonchev–Trinajstić information content (AvgIpc) is 2.97. The maximum atomic E-state index is 6.11. The van der Waals surface area contributed by atoms with Crippen molar-refractivity contribution >= 4 is 40.5 Å². The van der Waals surface area contributed by atoms with Crippen LogP contribution in [-0.4, -0.2) is 0 Å². The van der Waals surface area contributed by atoms with Crippen LogP contribution >= 0.6 is 34.8 Å². The monoisotopic (exact) mass is 351 g/mol. The molecule has 0 amide bonds. The number of anilines is 1. The zero-order valence-electron chi connectivity index (χ0n) is 11.4. The summed E-state index contributed by atoms with van der Waals surface area (Å²) in [4.78, 5) is 0. The highest BCUT2D eigenvalue weighted by atomic mass is 35.5. The van der Waals surface area contributed by atoms with Gasteiger partial charge in [0, 0.05) is 15.6 Å². The smallest absolute Gasteiger partial charge is 0.134 e. The van der Waals surface area contributed by atoms with E-state index in [9.17, 15) is 0 Å². The zero-order valence-corrected chi connectivity index (χ0v) is 13.7. The van der Waals surface area contributed by atoms with E-state index in [4.69, 9.17) is 39.2 Å². The van der Waals surface area contributed by atoms with E-state index < -0.39 is 0 Å². The summed E-state index contributed by atoms with van der Waals surface area (Å²) in [6.07, 6.45) is 0. The third-order valence-corrected chi connectivity index (χ3v) is 3.95. The quantitative estimate of drug-likeness (QED) is 0.578. The van der Waals surface area contributed by atoms with Crippen molar-refractivity contribution in [1.82, 2.24) is 0 Å². The molecule has 3 aromatic rings. The second kappa shape index (κ2) is 6.66. The summed E-state index contributed by atoms with van der Waals surface area (Å²) in [6, 6.07) is 16.7. The fourth-order valence-corrected chi connectivity index (χ4v) is 2.63. The molecule has 0 unspecified atom stereocenters. The number of hydrogen-bond donors (Lipinski definition) is 1. The van der Waals surface area contributed by atoms with Gasteiger partial charge in [-0.3, -0.25) is 0 Å². The van der Waals surface area contributed by atoms with Crippen molar-refractivity contribution in [2.24, 2.45) is 0 Å². The van der Waals surface area contributed by atoms with Crippen molar-refractivity contribution in [2.45, 2.75) is 6.54 Å². The summed E-state index contributed by atoms with van der Waals surface area (Å²) < 4.78 is 5.82. The van der Waals surface area contributed by atoms with Gasteiger partial charge in [0.2, 0.25) is 0 Å². The van der Waals surface area contributed by atoms with Crippen molar-refractivity contribution < 1.29 is 4.42 Å². The van der Waals surface area contributed by atoms with Gasteiger partial charge in [0.25, 0.3) is 0 Å². The first-order valence-corrected chi connectivity index (χ1v) is 7.79. The van der Waals surface area contributed by atoms with Crippen LogP contribution in [0.1, 0.15) is 5.76 Å². The molecule has 1 heterocycles. The molecule has 0 saturated heterocycles. The van der Waals surface area contributed by atoms with Gasteiger partial charge in [0.15, 0.2) is 0 Å². The van der Waals surface area contributed by atoms with Gasteiger partial charge in [-0.2, -0.15) is 0 Å². The minimum atomic E-state index is 0.515. The Morgan fingerprint density at radius 1 is 0.864 bits per heavy atom. The Balaban J connectivity index is 1.73.